The zero-order chi connectivity index (χ0) is 6.69. The Morgan fingerprint density at radius 1 is 1.20 bits per heavy atom. The Bertz CT molecular complexity index is 208. The summed E-state index contributed by atoms with van der Waals surface area (Å²) in [5, 5.41) is 0. The Morgan fingerprint density at radius 3 is 2.00 bits per heavy atom. The molecule has 0 aromatic carbocycles. The van der Waals surface area contributed by atoms with Crippen molar-refractivity contribution in [1.82, 2.24) is 6.15 Å². The van der Waals surface area contributed by atoms with Gasteiger partial charge in [-0.1, -0.05) is 6.07 Å². The number of carbonyl (C=O) groups is 1. The summed E-state index contributed by atoms with van der Waals surface area (Å²) in [6.07, 6.45) is 3.45. The number of pyridine rings is 1. The smallest absolute Gasteiger partial charge is 0.344 e. The van der Waals surface area contributed by atoms with Crippen molar-refractivity contribution in [2.45, 2.75) is 6.92 Å². The number of nitrogens with zero attached hydrogens (tertiary/aromatic N) is 1. The van der Waals surface area contributed by atoms with Gasteiger partial charge in [-0.25, -0.2) is 4.79 Å². The first kappa shape index (κ1) is 8.78. The third-order valence-corrected chi connectivity index (χ3v) is 1.08. The third kappa shape index (κ3) is 1.95. The molecule has 0 atom stereocenters. The summed E-state index contributed by atoms with van der Waals surface area (Å²) >= 11 is 0. The summed E-state index contributed by atoms with van der Waals surface area (Å²) in [4.78, 5) is 10.6. The van der Waals surface area contributed by atoms with Gasteiger partial charge in [-0.2, -0.15) is 0 Å². The van der Waals surface area contributed by atoms with Crippen molar-refractivity contribution in [2.24, 2.45) is 0 Å². The lowest BCUT2D eigenvalue weighted by Gasteiger charge is -1.83. The highest BCUT2D eigenvalue weighted by atomic mass is 16.1. The predicted molar refractivity (Wildman–Crippen MR) is 38.0 cm³/mol. The molecule has 0 bridgehead atoms. The average Bonchev–Trinajstić information content (AvgIpc) is 1.90. The van der Waals surface area contributed by atoms with Crippen LogP contribution in [-0.2, 0) is 0 Å². The van der Waals surface area contributed by atoms with Crippen LogP contribution < -0.4 is 10.7 Å². The molecule has 3 heteroatoms. The first-order valence-corrected chi connectivity index (χ1v) is 2.78. The molecule has 54 valence electrons. The molecular formula is C7H11N2O+. The van der Waals surface area contributed by atoms with Crippen molar-refractivity contribution in [3.8, 4) is 0 Å². The van der Waals surface area contributed by atoms with Crippen molar-refractivity contribution >= 4 is 5.91 Å². The van der Waals surface area contributed by atoms with Crippen LogP contribution in [0.4, 0.5) is 0 Å². The SMILES string of the molecule is CC(=O)[n+]1ccccc1.N. The summed E-state index contributed by atoms with van der Waals surface area (Å²) in [6.45, 7) is 1.53. The second-order valence-electron chi connectivity index (χ2n) is 1.80. The van der Waals surface area contributed by atoms with E-state index in [0.717, 1.165) is 0 Å². The van der Waals surface area contributed by atoms with E-state index >= 15 is 0 Å². The quantitative estimate of drug-likeness (QED) is 0.540. The van der Waals surface area contributed by atoms with E-state index < -0.39 is 0 Å². The van der Waals surface area contributed by atoms with Crippen molar-refractivity contribution in [3.05, 3.63) is 30.6 Å². The van der Waals surface area contributed by atoms with Crippen LogP contribution in [0.3, 0.4) is 0 Å². The summed E-state index contributed by atoms with van der Waals surface area (Å²) in [6, 6.07) is 5.52. The van der Waals surface area contributed by atoms with E-state index in [1.54, 1.807) is 12.4 Å². The second-order valence-corrected chi connectivity index (χ2v) is 1.80. The molecule has 0 spiro atoms. The van der Waals surface area contributed by atoms with E-state index in [2.05, 4.69) is 0 Å². The van der Waals surface area contributed by atoms with Crippen LogP contribution in [0.15, 0.2) is 30.6 Å². The fourth-order valence-corrected chi connectivity index (χ4v) is 0.609. The van der Waals surface area contributed by atoms with Crippen LogP contribution in [-0.4, -0.2) is 5.91 Å². The number of hydrogen-bond acceptors (Lipinski definition) is 2. The molecule has 0 saturated heterocycles. The molecule has 3 nitrogen and oxygen atoms in total. The van der Waals surface area contributed by atoms with Crippen molar-refractivity contribution in [3.63, 3.8) is 0 Å². The van der Waals surface area contributed by atoms with Gasteiger partial charge in [0.15, 0.2) is 12.4 Å². The minimum Gasteiger partial charge on any atom is -0.344 e. The Hall–Kier alpha value is -1.22. The van der Waals surface area contributed by atoms with E-state index in [9.17, 15) is 4.79 Å². The van der Waals surface area contributed by atoms with E-state index in [-0.39, 0.29) is 12.1 Å². The van der Waals surface area contributed by atoms with Crippen molar-refractivity contribution < 1.29 is 9.36 Å². The molecule has 0 aliphatic rings. The molecule has 0 aliphatic heterocycles. The van der Waals surface area contributed by atoms with Gasteiger partial charge in [0.05, 0.1) is 6.92 Å². The van der Waals surface area contributed by atoms with E-state index in [1.165, 1.54) is 11.5 Å². The van der Waals surface area contributed by atoms with Gasteiger partial charge < -0.3 is 6.15 Å². The molecule has 1 aromatic heterocycles. The number of hydrogen-bond donors (Lipinski definition) is 1. The predicted octanol–water partition coefficient (Wildman–Crippen LogP) is 0.796. The van der Waals surface area contributed by atoms with Gasteiger partial charge in [0.25, 0.3) is 0 Å². The Balaban J connectivity index is 0.000000810. The third-order valence-electron chi connectivity index (χ3n) is 1.08. The maximum Gasteiger partial charge on any atom is 0.389 e. The van der Waals surface area contributed by atoms with Gasteiger partial charge in [-0.3, -0.25) is 0 Å². The zero-order valence-corrected chi connectivity index (χ0v) is 5.95. The van der Waals surface area contributed by atoms with E-state index in [4.69, 9.17) is 0 Å². The molecule has 0 unspecified atom stereocenters. The van der Waals surface area contributed by atoms with Crippen LogP contribution in [0.5, 0.6) is 0 Å². The molecule has 1 aromatic rings. The molecule has 3 N–H and O–H groups in total. The molecule has 0 amide bonds. The van der Waals surface area contributed by atoms with Gasteiger partial charge in [0, 0.05) is 12.1 Å². The number of carbonyl (C=O) groups excluding carboxylic acids is 1. The van der Waals surface area contributed by atoms with Crippen LogP contribution in [0.25, 0.3) is 0 Å². The normalized spacial score (nSPS) is 8.10. The number of aromatic nitrogens is 1. The van der Waals surface area contributed by atoms with Crippen molar-refractivity contribution in [2.75, 3.05) is 0 Å². The Labute approximate surface area is 59.9 Å². The van der Waals surface area contributed by atoms with Gasteiger partial charge in [0.1, 0.15) is 0 Å². The summed E-state index contributed by atoms with van der Waals surface area (Å²) in [5.74, 6) is 0.0376. The summed E-state index contributed by atoms with van der Waals surface area (Å²) in [5.41, 5.74) is 0. The molecule has 10 heavy (non-hydrogen) atoms. The molecule has 0 saturated carbocycles. The molecule has 0 radical (unpaired) electrons. The minimum atomic E-state index is 0. The molecular weight excluding hydrogens is 128 g/mol. The van der Waals surface area contributed by atoms with Crippen LogP contribution in [0.1, 0.15) is 11.7 Å². The molecule has 0 aliphatic carbocycles. The van der Waals surface area contributed by atoms with Crippen molar-refractivity contribution in [1.29, 1.82) is 0 Å². The van der Waals surface area contributed by atoms with Gasteiger partial charge in [0.2, 0.25) is 0 Å². The lowest BCUT2D eigenvalue weighted by atomic mass is 10.5. The average molecular weight is 139 g/mol. The fraction of sp³-hybridized carbons (Fsp3) is 0.143. The van der Waals surface area contributed by atoms with Crippen LogP contribution >= 0.6 is 0 Å². The second kappa shape index (κ2) is 3.74. The first-order valence-electron chi connectivity index (χ1n) is 2.78. The molecule has 0 fully saturated rings. The molecule has 1 heterocycles. The van der Waals surface area contributed by atoms with Crippen LogP contribution in [0.2, 0.25) is 0 Å². The lowest BCUT2D eigenvalue weighted by Crippen LogP contribution is -2.38. The lowest BCUT2D eigenvalue weighted by molar-refractivity contribution is -0.572. The van der Waals surface area contributed by atoms with Gasteiger partial charge >= 0.3 is 5.91 Å². The fourth-order valence-electron chi connectivity index (χ4n) is 0.609. The largest absolute Gasteiger partial charge is 0.389 e. The van der Waals surface area contributed by atoms with E-state index in [1.807, 2.05) is 18.2 Å². The topological polar surface area (TPSA) is 56.0 Å². The summed E-state index contributed by atoms with van der Waals surface area (Å²) < 4.78 is 1.53. The minimum absolute atomic E-state index is 0. The summed E-state index contributed by atoms with van der Waals surface area (Å²) in [7, 11) is 0. The molecule has 1 rings (SSSR count). The van der Waals surface area contributed by atoms with E-state index in [0.29, 0.717) is 0 Å². The highest BCUT2D eigenvalue weighted by Crippen LogP contribution is 1.75. The number of rotatable bonds is 0. The zero-order valence-electron chi connectivity index (χ0n) is 5.95. The van der Waals surface area contributed by atoms with Gasteiger partial charge in [-0.05, 0) is 0 Å². The highest BCUT2D eigenvalue weighted by molar-refractivity contribution is 5.62. The van der Waals surface area contributed by atoms with Crippen LogP contribution in [0, 0.1) is 0 Å². The Kier molecular flexibility index (Phi) is 3.28. The Morgan fingerprint density at radius 2 is 1.70 bits per heavy atom. The maximum absolute atomic E-state index is 10.6. The monoisotopic (exact) mass is 139 g/mol. The van der Waals surface area contributed by atoms with Gasteiger partial charge in [-0.15, -0.1) is 4.57 Å². The highest BCUT2D eigenvalue weighted by Gasteiger charge is 2.01. The standard InChI is InChI=1S/C7H8NO.H3N/c1-7(9)8-5-3-2-4-6-8;/h2-6H,1H3;1H3/q+1;. The first-order chi connectivity index (χ1) is 4.30. The maximum atomic E-state index is 10.6.